The van der Waals surface area contributed by atoms with Gasteiger partial charge in [0.05, 0.1) is 6.10 Å². The summed E-state index contributed by atoms with van der Waals surface area (Å²) in [6, 6.07) is 12.7. The molecule has 0 radical (unpaired) electrons. The molecule has 38 heavy (non-hydrogen) atoms. The van der Waals surface area contributed by atoms with E-state index in [0.717, 1.165) is 35.2 Å². The van der Waals surface area contributed by atoms with Gasteiger partial charge in [0, 0.05) is 30.6 Å². The maximum Gasteiger partial charge on any atom is 0.389 e. The van der Waals surface area contributed by atoms with E-state index in [9.17, 15) is 23.4 Å². The zero-order valence-corrected chi connectivity index (χ0v) is 21.0. The van der Waals surface area contributed by atoms with Crippen LogP contribution < -0.4 is 9.47 Å². The number of allylic oxidation sites excluding steroid dienone is 1. The first kappa shape index (κ1) is 26.4. The Kier molecular flexibility index (Phi) is 7.81. The second kappa shape index (κ2) is 11.3. The molecule has 202 valence electrons. The molecule has 1 fully saturated rings. The molecule has 0 aromatic heterocycles. The zero-order valence-electron chi connectivity index (χ0n) is 21.0. The van der Waals surface area contributed by atoms with E-state index in [1.54, 1.807) is 18.2 Å². The molecular formula is C30H32F3NO4. The van der Waals surface area contributed by atoms with Gasteiger partial charge in [-0.2, -0.15) is 13.2 Å². The average molecular weight is 528 g/mol. The fraction of sp³-hybridized carbons (Fsp3) is 0.400. The Morgan fingerprint density at radius 3 is 2.68 bits per heavy atom. The number of alkyl halides is 3. The summed E-state index contributed by atoms with van der Waals surface area (Å²) in [5, 5.41) is 20.1. The average Bonchev–Trinajstić information content (AvgIpc) is 3.34. The Morgan fingerprint density at radius 1 is 1.11 bits per heavy atom. The highest BCUT2D eigenvalue weighted by molar-refractivity contribution is 5.71. The van der Waals surface area contributed by atoms with Crippen molar-refractivity contribution in [2.75, 3.05) is 26.2 Å². The fourth-order valence-electron chi connectivity index (χ4n) is 5.28. The Morgan fingerprint density at radius 2 is 1.92 bits per heavy atom. The fourth-order valence-corrected chi connectivity index (χ4v) is 5.28. The van der Waals surface area contributed by atoms with Crippen LogP contribution in [0.15, 0.2) is 71.8 Å². The molecule has 8 heteroatoms. The van der Waals surface area contributed by atoms with E-state index < -0.39 is 24.8 Å². The van der Waals surface area contributed by atoms with Gasteiger partial charge in [-0.3, -0.25) is 4.90 Å². The first-order valence-corrected chi connectivity index (χ1v) is 13.0. The van der Waals surface area contributed by atoms with Crippen molar-refractivity contribution in [1.82, 2.24) is 4.90 Å². The van der Waals surface area contributed by atoms with Crippen LogP contribution in [0.3, 0.4) is 0 Å². The second-order valence-corrected chi connectivity index (χ2v) is 10.2. The van der Waals surface area contributed by atoms with Crippen LogP contribution in [0.4, 0.5) is 13.2 Å². The van der Waals surface area contributed by atoms with Crippen molar-refractivity contribution in [2.24, 2.45) is 5.92 Å². The SMILES string of the molecule is Oc1ccc2c(c1)C=C(C1=CC(O)CC=C1)C(c1ccc(OCCN3CC[C@@H](CCC(F)(F)F)C3)cc1)O2. The highest BCUT2D eigenvalue weighted by atomic mass is 19.4. The number of hydrogen-bond donors (Lipinski definition) is 2. The summed E-state index contributed by atoms with van der Waals surface area (Å²) in [7, 11) is 0. The van der Waals surface area contributed by atoms with E-state index in [1.165, 1.54) is 0 Å². The molecule has 2 aromatic rings. The van der Waals surface area contributed by atoms with Gasteiger partial charge in [0.25, 0.3) is 0 Å². The second-order valence-electron chi connectivity index (χ2n) is 10.2. The van der Waals surface area contributed by atoms with Gasteiger partial charge >= 0.3 is 6.18 Å². The molecular weight excluding hydrogens is 495 g/mol. The van der Waals surface area contributed by atoms with Gasteiger partial charge in [-0.1, -0.05) is 24.3 Å². The molecule has 5 nitrogen and oxygen atoms in total. The number of nitrogens with zero attached hydrogens (tertiary/aromatic N) is 1. The number of rotatable bonds is 8. The van der Waals surface area contributed by atoms with Crippen molar-refractivity contribution >= 4 is 6.08 Å². The summed E-state index contributed by atoms with van der Waals surface area (Å²) >= 11 is 0. The number of ether oxygens (including phenoxy) is 2. The van der Waals surface area contributed by atoms with Crippen molar-refractivity contribution in [3.63, 3.8) is 0 Å². The van der Waals surface area contributed by atoms with E-state index in [4.69, 9.17) is 9.47 Å². The lowest BCUT2D eigenvalue weighted by molar-refractivity contribution is -0.137. The molecule has 2 aliphatic heterocycles. The summed E-state index contributed by atoms with van der Waals surface area (Å²) in [5.41, 5.74) is 3.46. The smallest absolute Gasteiger partial charge is 0.389 e. The summed E-state index contributed by atoms with van der Waals surface area (Å²) in [6.07, 6.45) is 3.52. The minimum absolute atomic E-state index is 0.0954. The first-order valence-electron chi connectivity index (χ1n) is 13.0. The van der Waals surface area contributed by atoms with Crippen molar-refractivity contribution < 1.29 is 32.9 Å². The van der Waals surface area contributed by atoms with Crippen molar-refractivity contribution in [1.29, 1.82) is 0 Å². The number of aliphatic hydroxyl groups is 1. The third-order valence-corrected chi connectivity index (χ3v) is 7.28. The van der Waals surface area contributed by atoms with Crippen LogP contribution in [-0.4, -0.2) is 53.6 Å². The number of halogens is 3. The van der Waals surface area contributed by atoms with Gasteiger partial charge < -0.3 is 19.7 Å². The summed E-state index contributed by atoms with van der Waals surface area (Å²) in [4.78, 5) is 2.16. The van der Waals surface area contributed by atoms with Crippen LogP contribution in [0, 0.1) is 5.92 Å². The molecule has 1 saturated heterocycles. The molecule has 3 atom stereocenters. The number of phenolic OH excluding ortho intramolecular Hbond substituents is 1. The Hall–Kier alpha value is -3.23. The molecule has 5 rings (SSSR count). The molecule has 0 bridgehead atoms. The lowest BCUT2D eigenvalue weighted by atomic mass is 9.88. The van der Waals surface area contributed by atoms with E-state index >= 15 is 0 Å². The van der Waals surface area contributed by atoms with Crippen LogP contribution in [-0.2, 0) is 0 Å². The Balaban J connectivity index is 1.21. The third-order valence-electron chi connectivity index (χ3n) is 7.28. The first-order chi connectivity index (χ1) is 18.2. The number of phenols is 1. The highest BCUT2D eigenvalue weighted by Gasteiger charge is 2.31. The van der Waals surface area contributed by atoms with Gasteiger partial charge in [-0.05, 0) is 85.3 Å². The molecule has 3 aliphatic rings. The van der Waals surface area contributed by atoms with E-state index in [0.29, 0.717) is 37.6 Å². The standard InChI is InChI=1S/C30H32F3NO4/c31-30(32,33)12-10-20-11-13-34(19-20)14-15-37-26-7-4-21(5-8-26)29-27(22-2-1-3-24(35)16-22)18-23-17-25(36)6-9-28(23)38-29/h1-2,4-9,16-18,20,24,29,35-36H,3,10-15,19H2/t20-,24?,29?/m1/s1. The van der Waals surface area contributed by atoms with Crippen molar-refractivity contribution in [3.05, 3.63) is 83.0 Å². The minimum Gasteiger partial charge on any atom is -0.508 e. The predicted molar refractivity (Wildman–Crippen MR) is 139 cm³/mol. The predicted octanol–water partition coefficient (Wildman–Crippen LogP) is 6.20. The maximum absolute atomic E-state index is 12.5. The molecule has 0 saturated carbocycles. The summed E-state index contributed by atoms with van der Waals surface area (Å²) < 4.78 is 49.7. The number of benzene rings is 2. The largest absolute Gasteiger partial charge is 0.508 e. The Labute approximate surface area is 220 Å². The van der Waals surface area contributed by atoms with Gasteiger partial charge in [0.15, 0.2) is 0 Å². The van der Waals surface area contributed by atoms with Crippen LogP contribution in [0.2, 0.25) is 0 Å². The number of aliphatic hydroxyl groups excluding tert-OH is 1. The van der Waals surface area contributed by atoms with Crippen LogP contribution in [0.1, 0.15) is 42.9 Å². The lowest BCUT2D eigenvalue weighted by Gasteiger charge is -2.29. The molecule has 2 unspecified atom stereocenters. The molecule has 0 spiro atoms. The topological polar surface area (TPSA) is 62.2 Å². The van der Waals surface area contributed by atoms with Gasteiger partial charge in [-0.25, -0.2) is 0 Å². The summed E-state index contributed by atoms with van der Waals surface area (Å²) in [5.74, 6) is 1.62. The normalized spacial score (nSPS) is 23.4. The monoisotopic (exact) mass is 527 g/mol. The molecule has 0 amide bonds. The van der Waals surface area contributed by atoms with Crippen LogP contribution >= 0.6 is 0 Å². The number of hydrogen-bond acceptors (Lipinski definition) is 5. The number of likely N-dealkylation sites (tertiary alicyclic amines) is 1. The van der Waals surface area contributed by atoms with Crippen LogP contribution in [0.25, 0.3) is 6.08 Å². The molecule has 2 aromatic carbocycles. The quantitative estimate of drug-likeness (QED) is 0.428. The van der Waals surface area contributed by atoms with Gasteiger partial charge in [-0.15, -0.1) is 0 Å². The van der Waals surface area contributed by atoms with E-state index in [-0.39, 0.29) is 18.1 Å². The molecule has 1 aliphatic carbocycles. The van der Waals surface area contributed by atoms with E-state index in [1.807, 2.05) is 48.6 Å². The van der Waals surface area contributed by atoms with Crippen molar-refractivity contribution in [2.45, 2.75) is 44.1 Å². The van der Waals surface area contributed by atoms with Gasteiger partial charge in [0.2, 0.25) is 0 Å². The van der Waals surface area contributed by atoms with Crippen LogP contribution in [0.5, 0.6) is 17.2 Å². The van der Waals surface area contributed by atoms with E-state index in [2.05, 4.69) is 4.90 Å². The molecule has 2 N–H and O–H groups in total. The van der Waals surface area contributed by atoms with Crippen molar-refractivity contribution in [3.8, 4) is 17.2 Å². The third kappa shape index (κ3) is 6.60. The highest BCUT2D eigenvalue weighted by Crippen LogP contribution is 2.42. The number of aromatic hydroxyl groups is 1. The zero-order chi connectivity index (χ0) is 26.7. The molecule has 2 heterocycles. The minimum atomic E-state index is -4.08. The number of fused-ring (bicyclic) bond motifs is 1. The lowest BCUT2D eigenvalue weighted by Crippen LogP contribution is -2.26. The maximum atomic E-state index is 12.5. The summed E-state index contributed by atoms with van der Waals surface area (Å²) in [6.45, 7) is 2.63. The van der Waals surface area contributed by atoms with Gasteiger partial charge in [0.1, 0.15) is 30.0 Å². The Bertz CT molecular complexity index is 1220.